The van der Waals surface area contributed by atoms with E-state index < -0.39 is 0 Å². The number of carbonyl (C=O) groups excluding carboxylic acids is 1. The lowest BCUT2D eigenvalue weighted by atomic mass is 10.1. The zero-order valence-electron chi connectivity index (χ0n) is 18.7. The fraction of sp³-hybridized carbons (Fsp3) is 0.682. The van der Waals surface area contributed by atoms with Crippen molar-refractivity contribution in [2.24, 2.45) is 5.92 Å². The van der Waals surface area contributed by atoms with Crippen molar-refractivity contribution in [2.75, 3.05) is 46.3 Å². The van der Waals surface area contributed by atoms with Gasteiger partial charge in [0, 0.05) is 45.3 Å². The van der Waals surface area contributed by atoms with Crippen LogP contribution >= 0.6 is 0 Å². The fourth-order valence-corrected chi connectivity index (χ4v) is 4.23. The van der Waals surface area contributed by atoms with Gasteiger partial charge in [0.2, 0.25) is 5.91 Å². The van der Waals surface area contributed by atoms with E-state index in [9.17, 15) is 4.79 Å². The molecule has 0 spiro atoms. The first-order valence-corrected chi connectivity index (χ1v) is 10.9. The van der Waals surface area contributed by atoms with Gasteiger partial charge >= 0.3 is 0 Å². The topological polar surface area (TPSA) is 95.5 Å². The number of aromatic nitrogens is 3. The zero-order chi connectivity index (χ0) is 21.7. The molecular formula is C22H35N5O3. The average molecular weight is 418 g/mol. The molecule has 0 aliphatic heterocycles. The number of nitrogen functional groups attached to an aromatic ring is 1. The fourth-order valence-electron chi connectivity index (χ4n) is 4.23. The first kappa shape index (κ1) is 22.5. The summed E-state index contributed by atoms with van der Waals surface area (Å²) in [6.45, 7) is 6.95. The predicted octanol–water partition coefficient (Wildman–Crippen LogP) is 2.48. The van der Waals surface area contributed by atoms with Crippen LogP contribution in [0.5, 0.6) is 0 Å². The number of ether oxygens (including phenoxy) is 2. The number of hydrogen-bond donors (Lipinski definition) is 1. The number of amides is 1. The van der Waals surface area contributed by atoms with Crippen molar-refractivity contribution < 1.29 is 14.3 Å². The van der Waals surface area contributed by atoms with Crippen LogP contribution in [0.1, 0.15) is 42.8 Å². The van der Waals surface area contributed by atoms with Gasteiger partial charge in [0.1, 0.15) is 11.3 Å². The normalized spacial score (nSPS) is 14.7. The quantitative estimate of drug-likeness (QED) is 0.597. The van der Waals surface area contributed by atoms with Crippen molar-refractivity contribution in [3.05, 3.63) is 17.1 Å². The number of nitrogens with two attached hydrogens (primary N) is 1. The number of methoxy groups -OCH3 is 1. The van der Waals surface area contributed by atoms with E-state index in [1.54, 1.807) is 7.11 Å². The first-order chi connectivity index (χ1) is 14.4. The number of nitrogens with zero attached hydrogens (tertiary/aromatic N) is 4. The summed E-state index contributed by atoms with van der Waals surface area (Å²) < 4.78 is 13.3. The lowest BCUT2D eigenvalue weighted by Crippen LogP contribution is -2.34. The molecule has 8 heteroatoms. The van der Waals surface area contributed by atoms with Gasteiger partial charge in [-0.15, -0.1) is 0 Å². The third-order valence-corrected chi connectivity index (χ3v) is 6.12. The van der Waals surface area contributed by atoms with Gasteiger partial charge in [-0.2, -0.15) is 0 Å². The van der Waals surface area contributed by atoms with Gasteiger partial charge in [0.15, 0.2) is 5.82 Å². The van der Waals surface area contributed by atoms with Gasteiger partial charge in [-0.1, -0.05) is 12.8 Å². The number of imidazole rings is 1. The third-order valence-electron chi connectivity index (χ3n) is 6.12. The Hall–Kier alpha value is -2.19. The van der Waals surface area contributed by atoms with Gasteiger partial charge in [-0.05, 0) is 32.3 Å². The standard InChI is InChI=1S/C22H35N5O3/c1-15-16(2)24-21(23)19-20(15)27(18(25-19)9-12-29-4)11-14-30-13-10-26(3)22(28)17-7-5-6-8-17/h17H,5-14H2,1-4H3,(H2,23,24). The number of anilines is 1. The minimum Gasteiger partial charge on any atom is -0.384 e. The number of carbonyl (C=O) groups is 1. The molecular weight excluding hydrogens is 382 g/mol. The van der Waals surface area contributed by atoms with Crippen molar-refractivity contribution in [1.29, 1.82) is 0 Å². The molecule has 3 rings (SSSR count). The van der Waals surface area contributed by atoms with E-state index in [2.05, 4.69) is 9.55 Å². The number of likely N-dealkylation sites (N-methyl/N-ethyl adjacent to an activating group) is 1. The second-order valence-corrected chi connectivity index (χ2v) is 8.18. The highest BCUT2D eigenvalue weighted by Crippen LogP contribution is 2.27. The average Bonchev–Trinajstić information content (AvgIpc) is 3.38. The molecule has 166 valence electrons. The van der Waals surface area contributed by atoms with E-state index >= 15 is 0 Å². The van der Waals surface area contributed by atoms with Gasteiger partial charge in [0.25, 0.3) is 0 Å². The molecule has 0 saturated heterocycles. The van der Waals surface area contributed by atoms with Crippen molar-refractivity contribution >= 4 is 22.8 Å². The van der Waals surface area contributed by atoms with Gasteiger partial charge in [-0.25, -0.2) is 9.97 Å². The highest BCUT2D eigenvalue weighted by atomic mass is 16.5. The summed E-state index contributed by atoms with van der Waals surface area (Å²) >= 11 is 0. The Morgan fingerprint density at radius 1 is 1.20 bits per heavy atom. The van der Waals surface area contributed by atoms with E-state index in [0.29, 0.717) is 45.1 Å². The highest BCUT2D eigenvalue weighted by molar-refractivity contribution is 5.88. The summed E-state index contributed by atoms with van der Waals surface area (Å²) in [7, 11) is 3.56. The number of hydrogen-bond acceptors (Lipinski definition) is 6. The van der Waals surface area contributed by atoms with Crippen molar-refractivity contribution in [3.8, 4) is 0 Å². The Labute approximate surface area is 178 Å². The van der Waals surface area contributed by atoms with Crippen LogP contribution in [0.25, 0.3) is 11.0 Å². The predicted molar refractivity (Wildman–Crippen MR) is 117 cm³/mol. The molecule has 2 N–H and O–H groups in total. The molecule has 1 aliphatic rings. The van der Waals surface area contributed by atoms with Crippen molar-refractivity contribution in [3.63, 3.8) is 0 Å². The molecule has 0 radical (unpaired) electrons. The lowest BCUT2D eigenvalue weighted by molar-refractivity contribution is -0.134. The highest BCUT2D eigenvalue weighted by Gasteiger charge is 2.25. The largest absolute Gasteiger partial charge is 0.384 e. The molecule has 0 atom stereocenters. The Bertz CT molecular complexity index is 874. The maximum Gasteiger partial charge on any atom is 0.225 e. The molecule has 1 aliphatic carbocycles. The number of aryl methyl sites for hydroxylation is 2. The van der Waals surface area contributed by atoms with Crippen LogP contribution in [0.4, 0.5) is 5.82 Å². The van der Waals surface area contributed by atoms with E-state index in [-0.39, 0.29) is 11.8 Å². The molecule has 0 unspecified atom stereocenters. The van der Waals surface area contributed by atoms with Crippen molar-refractivity contribution in [1.82, 2.24) is 19.4 Å². The molecule has 30 heavy (non-hydrogen) atoms. The molecule has 1 saturated carbocycles. The minimum absolute atomic E-state index is 0.209. The SMILES string of the molecule is COCCc1nc2c(N)nc(C)c(C)c2n1CCOCCN(C)C(=O)C1CCCC1. The smallest absolute Gasteiger partial charge is 0.225 e. The van der Waals surface area contributed by atoms with Crippen LogP contribution in [0.2, 0.25) is 0 Å². The number of pyridine rings is 1. The molecule has 2 aromatic heterocycles. The Morgan fingerprint density at radius 3 is 2.63 bits per heavy atom. The van der Waals surface area contributed by atoms with Crippen LogP contribution < -0.4 is 5.73 Å². The summed E-state index contributed by atoms with van der Waals surface area (Å²) in [5.74, 6) is 1.85. The van der Waals surface area contributed by atoms with Crippen molar-refractivity contribution in [2.45, 2.75) is 52.5 Å². The first-order valence-electron chi connectivity index (χ1n) is 10.9. The van der Waals surface area contributed by atoms with Crippen LogP contribution in [-0.4, -0.2) is 65.9 Å². The Kier molecular flexibility index (Phi) is 7.66. The summed E-state index contributed by atoms with van der Waals surface area (Å²) in [4.78, 5) is 23.4. The van der Waals surface area contributed by atoms with E-state index in [0.717, 1.165) is 41.0 Å². The molecule has 2 aromatic rings. The van der Waals surface area contributed by atoms with Crippen LogP contribution in [0, 0.1) is 19.8 Å². The molecule has 8 nitrogen and oxygen atoms in total. The number of rotatable bonds is 10. The Morgan fingerprint density at radius 2 is 1.93 bits per heavy atom. The maximum atomic E-state index is 12.4. The molecule has 2 heterocycles. The lowest BCUT2D eigenvalue weighted by Gasteiger charge is -2.21. The molecule has 1 amide bonds. The zero-order valence-corrected chi connectivity index (χ0v) is 18.7. The molecule has 0 bridgehead atoms. The van der Waals surface area contributed by atoms with E-state index in [1.165, 1.54) is 12.8 Å². The minimum atomic E-state index is 0.209. The summed E-state index contributed by atoms with van der Waals surface area (Å²) in [6, 6.07) is 0. The summed E-state index contributed by atoms with van der Waals surface area (Å²) in [5.41, 5.74) is 9.89. The molecule has 0 aromatic carbocycles. The van der Waals surface area contributed by atoms with Gasteiger partial charge in [0.05, 0.1) is 25.3 Å². The second kappa shape index (κ2) is 10.2. The van der Waals surface area contributed by atoms with Crippen LogP contribution in [0.3, 0.4) is 0 Å². The molecule has 1 fully saturated rings. The van der Waals surface area contributed by atoms with E-state index in [4.69, 9.17) is 20.2 Å². The van der Waals surface area contributed by atoms with E-state index in [1.807, 2.05) is 25.8 Å². The summed E-state index contributed by atoms with van der Waals surface area (Å²) in [5, 5.41) is 0. The third kappa shape index (κ3) is 4.92. The monoisotopic (exact) mass is 417 g/mol. The summed E-state index contributed by atoms with van der Waals surface area (Å²) in [6.07, 6.45) is 5.09. The maximum absolute atomic E-state index is 12.4. The van der Waals surface area contributed by atoms with Crippen LogP contribution in [-0.2, 0) is 27.2 Å². The Balaban J connectivity index is 1.61. The second-order valence-electron chi connectivity index (χ2n) is 8.18. The number of fused-ring (bicyclic) bond motifs is 1. The van der Waals surface area contributed by atoms with Crippen LogP contribution in [0.15, 0.2) is 0 Å². The van der Waals surface area contributed by atoms with Gasteiger partial charge < -0.3 is 24.7 Å². The van der Waals surface area contributed by atoms with Gasteiger partial charge in [-0.3, -0.25) is 4.79 Å².